The summed E-state index contributed by atoms with van der Waals surface area (Å²) in [5, 5.41) is 1.30. The summed E-state index contributed by atoms with van der Waals surface area (Å²) in [6.07, 6.45) is 5.24. The van der Waals surface area contributed by atoms with Crippen molar-refractivity contribution in [3.63, 3.8) is 0 Å². The van der Waals surface area contributed by atoms with Gasteiger partial charge >= 0.3 is 0 Å². The van der Waals surface area contributed by atoms with Crippen LogP contribution in [0.25, 0.3) is 22.2 Å². The number of nitrogens with one attached hydrogen (secondary N) is 1. The smallest absolute Gasteiger partial charge is 0.128 e. The van der Waals surface area contributed by atoms with Crippen LogP contribution in [0.4, 0.5) is 0 Å². The molecular formula is C20H23IN2OS. The third-order valence-electron chi connectivity index (χ3n) is 4.43. The topological polar surface area (TPSA) is 51.0 Å². The van der Waals surface area contributed by atoms with Crippen molar-refractivity contribution in [2.45, 2.75) is 24.2 Å². The van der Waals surface area contributed by atoms with Crippen LogP contribution >= 0.6 is 34.4 Å². The van der Waals surface area contributed by atoms with E-state index in [9.17, 15) is 0 Å². The van der Waals surface area contributed by atoms with Gasteiger partial charge in [0.1, 0.15) is 5.75 Å². The standard InChI is InChI=1S/C20H23IN2OS/c1-24-19-9-7-14(25-2)12-17(19)20-15(5-3-4-10-22)16-11-13(21)6-8-18(16)23-20/h6-9,11-12,23H,3-5,10,22H2,1-2H3. The SMILES string of the molecule is COc1ccc(SC)cc1-c1[nH]c2ccc(I)cc2c1CCCCN. The maximum Gasteiger partial charge on any atom is 0.128 e. The van der Waals surface area contributed by atoms with Crippen LogP contribution in [0.5, 0.6) is 5.75 Å². The van der Waals surface area contributed by atoms with Gasteiger partial charge < -0.3 is 15.5 Å². The molecule has 1 heterocycles. The minimum absolute atomic E-state index is 0.737. The first-order valence-corrected chi connectivity index (χ1v) is 10.7. The van der Waals surface area contributed by atoms with Gasteiger partial charge in [-0.2, -0.15) is 0 Å². The Bertz CT molecular complexity index is 876. The van der Waals surface area contributed by atoms with Crippen molar-refractivity contribution >= 4 is 45.3 Å². The quantitative estimate of drug-likeness (QED) is 0.277. The largest absolute Gasteiger partial charge is 0.496 e. The fourth-order valence-corrected chi connectivity index (χ4v) is 4.10. The molecule has 0 aliphatic rings. The Kier molecular flexibility index (Phi) is 6.30. The van der Waals surface area contributed by atoms with Crippen molar-refractivity contribution in [3.05, 3.63) is 45.5 Å². The van der Waals surface area contributed by atoms with Crippen molar-refractivity contribution in [1.82, 2.24) is 4.98 Å². The van der Waals surface area contributed by atoms with Crippen LogP contribution < -0.4 is 10.5 Å². The second kappa shape index (κ2) is 8.47. The first-order valence-electron chi connectivity index (χ1n) is 8.40. The summed E-state index contributed by atoms with van der Waals surface area (Å²) in [7, 11) is 1.73. The number of hydrogen-bond acceptors (Lipinski definition) is 3. The van der Waals surface area contributed by atoms with E-state index in [0.29, 0.717) is 0 Å². The lowest BCUT2D eigenvalue weighted by Gasteiger charge is -2.11. The van der Waals surface area contributed by atoms with Crippen LogP contribution in [0.1, 0.15) is 18.4 Å². The van der Waals surface area contributed by atoms with E-state index in [4.69, 9.17) is 10.5 Å². The molecule has 3 aromatic rings. The fourth-order valence-electron chi connectivity index (χ4n) is 3.17. The number of thioether (sulfide) groups is 1. The second-order valence-corrected chi connectivity index (χ2v) is 8.11. The lowest BCUT2D eigenvalue weighted by molar-refractivity contribution is 0.416. The molecule has 1 aromatic heterocycles. The fraction of sp³-hybridized carbons (Fsp3) is 0.300. The highest BCUT2D eigenvalue weighted by molar-refractivity contribution is 14.1. The van der Waals surface area contributed by atoms with Crippen molar-refractivity contribution in [3.8, 4) is 17.0 Å². The zero-order chi connectivity index (χ0) is 17.8. The lowest BCUT2D eigenvalue weighted by Crippen LogP contribution is -1.99. The van der Waals surface area contributed by atoms with Crippen molar-refractivity contribution < 1.29 is 4.74 Å². The zero-order valence-electron chi connectivity index (χ0n) is 14.6. The number of rotatable bonds is 7. The van der Waals surface area contributed by atoms with Gasteiger partial charge in [-0.1, -0.05) is 0 Å². The maximum absolute atomic E-state index is 5.71. The summed E-state index contributed by atoms with van der Waals surface area (Å²) in [5.74, 6) is 0.902. The monoisotopic (exact) mass is 466 g/mol. The van der Waals surface area contributed by atoms with E-state index in [1.54, 1.807) is 18.9 Å². The Balaban J connectivity index is 2.19. The highest BCUT2D eigenvalue weighted by Crippen LogP contribution is 2.38. The molecular weight excluding hydrogens is 443 g/mol. The Morgan fingerprint density at radius 1 is 1.16 bits per heavy atom. The number of methoxy groups -OCH3 is 1. The Morgan fingerprint density at radius 3 is 2.72 bits per heavy atom. The van der Waals surface area contributed by atoms with Crippen molar-refractivity contribution in [2.75, 3.05) is 19.9 Å². The third-order valence-corrected chi connectivity index (χ3v) is 5.82. The van der Waals surface area contributed by atoms with E-state index >= 15 is 0 Å². The molecule has 0 bridgehead atoms. The number of aromatic nitrogens is 1. The number of ether oxygens (including phenoxy) is 1. The molecule has 0 atom stereocenters. The van der Waals surface area contributed by atoms with Gasteiger partial charge in [-0.05, 0) is 96.6 Å². The predicted molar refractivity (Wildman–Crippen MR) is 117 cm³/mol. The number of fused-ring (bicyclic) bond motifs is 1. The van der Waals surface area contributed by atoms with Gasteiger partial charge in [-0.3, -0.25) is 0 Å². The number of hydrogen-bond donors (Lipinski definition) is 2. The molecule has 3 N–H and O–H groups in total. The first kappa shape index (κ1) is 18.6. The summed E-state index contributed by atoms with van der Waals surface area (Å²) >= 11 is 4.12. The summed E-state index contributed by atoms with van der Waals surface area (Å²) in [6, 6.07) is 12.9. The molecule has 0 amide bonds. The molecule has 0 fully saturated rings. The van der Waals surface area contributed by atoms with Gasteiger partial charge in [0.15, 0.2) is 0 Å². The highest BCUT2D eigenvalue weighted by atomic mass is 127. The van der Waals surface area contributed by atoms with E-state index < -0.39 is 0 Å². The molecule has 0 radical (unpaired) electrons. The van der Waals surface area contributed by atoms with Gasteiger partial charge in [0.05, 0.1) is 12.8 Å². The van der Waals surface area contributed by atoms with Gasteiger partial charge in [0, 0.05) is 24.9 Å². The molecule has 3 rings (SSSR count). The molecule has 0 unspecified atom stereocenters. The highest BCUT2D eigenvalue weighted by Gasteiger charge is 2.17. The van der Waals surface area contributed by atoms with Crippen LogP contribution in [-0.4, -0.2) is 24.9 Å². The lowest BCUT2D eigenvalue weighted by atomic mass is 10.00. The van der Waals surface area contributed by atoms with Crippen LogP contribution in [-0.2, 0) is 6.42 Å². The number of nitrogens with two attached hydrogens (primary N) is 1. The van der Waals surface area contributed by atoms with E-state index in [2.05, 4.69) is 70.2 Å². The van der Waals surface area contributed by atoms with Crippen LogP contribution in [0, 0.1) is 3.57 Å². The number of aryl methyl sites for hydroxylation is 1. The average molecular weight is 466 g/mol. The second-order valence-electron chi connectivity index (χ2n) is 5.98. The molecule has 5 heteroatoms. The molecule has 25 heavy (non-hydrogen) atoms. The number of halogens is 1. The van der Waals surface area contributed by atoms with E-state index in [1.165, 1.54) is 30.6 Å². The average Bonchev–Trinajstić information content (AvgIpc) is 2.99. The molecule has 0 saturated heterocycles. The molecule has 0 aliphatic heterocycles. The van der Waals surface area contributed by atoms with Gasteiger partial charge in [0.25, 0.3) is 0 Å². The number of unbranched alkanes of at least 4 members (excludes halogenated alkanes) is 1. The molecule has 0 saturated carbocycles. The molecule has 0 spiro atoms. The van der Waals surface area contributed by atoms with Crippen molar-refractivity contribution in [2.24, 2.45) is 5.73 Å². The van der Waals surface area contributed by atoms with Gasteiger partial charge in [-0.15, -0.1) is 11.8 Å². The summed E-state index contributed by atoms with van der Waals surface area (Å²) in [5.41, 5.74) is 10.5. The van der Waals surface area contributed by atoms with E-state index in [-0.39, 0.29) is 0 Å². The van der Waals surface area contributed by atoms with Crippen molar-refractivity contribution in [1.29, 1.82) is 0 Å². The van der Waals surface area contributed by atoms with Crippen LogP contribution in [0.3, 0.4) is 0 Å². The molecule has 0 aliphatic carbocycles. The number of aromatic amines is 1. The van der Waals surface area contributed by atoms with Gasteiger partial charge in [0.2, 0.25) is 0 Å². The van der Waals surface area contributed by atoms with E-state index in [0.717, 1.165) is 37.1 Å². The summed E-state index contributed by atoms with van der Waals surface area (Å²) in [6.45, 7) is 0.737. The minimum atomic E-state index is 0.737. The Labute approximate surface area is 166 Å². The normalized spacial score (nSPS) is 11.2. The zero-order valence-corrected chi connectivity index (χ0v) is 17.5. The summed E-state index contributed by atoms with van der Waals surface area (Å²) in [4.78, 5) is 4.87. The molecule has 3 nitrogen and oxygen atoms in total. The van der Waals surface area contributed by atoms with E-state index in [1.807, 2.05) is 0 Å². The van der Waals surface area contributed by atoms with Crippen LogP contribution in [0.2, 0.25) is 0 Å². The predicted octanol–water partition coefficient (Wildman–Crippen LogP) is 5.45. The first-order chi connectivity index (χ1) is 12.2. The Morgan fingerprint density at radius 2 is 2.00 bits per heavy atom. The molecule has 2 aromatic carbocycles. The third kappa shape index (κ3) is 3.99. The Hall–Kier alpha value is -1.18. The van der Waals surface area contributed by atoms with Gasteiger partial charge in [-0.25, -0.2) is 0 Å². The summed E-state index contributed by atoms with van der Waals surface area (Å²) < 4.78 is 6.90. The molecule has 132 valence electrons. The van der Waals surface area contributed by atoms with Crippen LogP contribution in [0.15, 0.2) is 41.3 Å². The number of benzene rings is 2. The maximum atomic E-state index is 5.71. The minimum Gasteiger partial charge on any atom is -0.496 e. The number of H-pyrrole nitrogens is 1.